The van der Waals surface area contributed by atoms with E-state index in [-0.39, 0.29) is 37.2 Å². The fourth-order valence-corrected chi connectivity index (χ4v) is 2.50. The Balaban J connectivity index is 0.00000176. The van der Waals surface area contributed by atoms with E-state index in [0.29, 0.717) is 11.6 Å². The van der Waals surface area contributed by atoms with Crippen molar-refractivity contribution in [3.63, 3.8) is 0 Å². The van der Waals surface area contributed by atoms with Gasteiger partial charge in [0.1, 0.15) is 0 Å². The summed E-state index contributed by atoms with van der Waals surface area (Å²) in [5, 5.41) is 3.27. The van der Waals surface area contributed by atoms with E-state index in [1.807, 2.05) is 36.4 Å². The van der Waals surface area contributed by atoms with E-state index in [9.17, 15) is 4.79 Å². The minimum Gasteiger partial charge on any atom is -0.397 e. The Kier molecular flexibility index (Phi) is 8.93. The molecule has 1 fully saturated rings. The normalized spacial score (nSPS) is 12.7. The molecule has 0 radical (unpaired) electrons. The largest absolute Gasteiger partial charge is 0.397 e. The molecule has 0 saturated carbocycles. The Morgan fingerprint density at radius 1 is 1.00 bits per heavy atom. The van der Waals surface area contributed by atoms with Crippen LogP contribution in [-0.2, 0) is 0 Å². The predicted molar refractivity (Wildman–Crippen MR) is 106 cm³/mol. The van der Waals surface area contributed by atoms with Crippen LogP contribution in [0, 0.1) is 0 Å². The molecule has 132 valence electrons. The Morgan fingerprint density at radius 2 is 1.58 bits per heavy atom. The van der Waals surface area contributed by atoms with Gasteiger partial charge in [0, 0.05) is 24.3 Å². The second kappa shape index (κ2) is 9.59. The van der Waals surface area contributed by atoms with Crippen LogP contribution < -0.4 is 21.7 Å². The highest BCUT2D eigenvalue weighted by Gasteiger charge is 2.27. The molecule has 5 nitrogen and oxygen atoms in total. The molecule has 2 aromatic carbocycles. The van der Waals surface area contributed by atoms with E-state index < -0.39 is 5.91 Å². The molecular weight excluding hydrogens is 371 g/mol. The Labute approximate surface area is 160 Å². The number of halogens is 3. The van der Waals surface area contributed by atoms with E-state index >= 15 is 0 Å². The predicted octanol–water partition coefficient (Wildman–Crippen LogP) is 2.74. The summed E-state index contributed by atoms with van der Waals surface area (Å²) in [5.41, 5.74) is 14.6. The third kappa shape index (κ3) is 4.45. The molecule has 1 saturated heterocycles. The van der Waals surface area contributed by atoms with Crippen LogP contribution in [-0.4, -0.2) is 25.0 Å². The Bertz CT molecular complexity index is 663. The van der Waals surface area contributed by atoms with Crippen LogP contribution in [0.4, 0.5) is 17.1 Å². The molecule has 0 bridgehead atoms. The summed E-state index contributed by atoms with van der Waals surface area (Å²) in [5.74, 6) is -0.419. The molecule has 1 heterocycles. The highest BCUT2D eigenvalue weighted by molar-refractivity contribution is 5.93. The van der Waals surface area contributed by atoms with Crippen molar-refractivity contribution < 1.29 is 4.79 Å². The minimum absolute atomic E-state index is 0. The zero-order chi connectivity index (χ0) is 14.8. The molecular formula is C16H21Cl3N4O. The molecule has 1 aliphatic heterocycles. The number of rotatable bonds is 4. The van der Waals surface area contributed by atoms with Crippen LogP contribution in [0.3, 0.4) is 0 Å². The first-order valence-corrected chi connectivity index (χ1v) is 6.91. The molecule has 2 aromatic rings. The van der Waals surface area contributed by atoms with Crippen molar-refractivity contribution in [3.8, 4) is 0 Å². The smallest absolute Gasteiger partial charge is 0.248 e. The van der Waals surface area contributed by atoms with Gasteiger partial charge in [0.15, 0.2) is 0 Å². The van der Waals surface area contributed by atoms with Crippen molar-refractivity contribution in [3.05, 3.63) is 54.1 Å². The van der Waals surface area contributed by atoms with Crippen molar-refractivity contribution in [2.75, 3.05) is 23.7 Å². The van der Waals surface area contributed by atoms with Gasteiger partial charge in [-0.05, 0) is 36.4 Å². The maximum absolute atomic E-state index is 11.2. The number of anilines is 3. The van der Waals surface area contributed by atoms with Gasteiger partial charge in [-0.2, -0.15) is 0 Å². The van der Waals surface area contributed by atoms with E-state index in [4.69, 9.17) is 11.5 Å². The number of primary amides is 1. The van der Waals surface area contributed by atoms with Crippen molar-refractivity contribution in [2.45, 2.75) is 6.04 Å². The Hall–Kier alpha value is -1.66. The second-order valence-corrected chi connectivity index (χ2v) is 5.15. The number of amides is 1. The van der Waals surface area contributed by atoms with Crippen LogP contribution >= 0.6 is 37.2 Å². The number of nitrogen functional groups attached to an aromatic ring is 1. The lowest BCUT2D eigenvalue weighted by molar-refractivity contribution is 0.100. The molecule has 0 spiro atoms. The maximum atomic E-state index is 11.2. The summed E-state index contributed by atoms with van der Waals surface area (Å²) in [4.78, 5) is 13.4. The lowest BCUT2D eigenvalue weighted by Crippen LogP contribution is -2.55. The fourth-order valence-electron chi connectivity index (χ4n) is 2.50. The van der Waals surface area contributed by atoms with Crippen molar-refractivity contribution >= 4 is 60.2 Å². The first-order chi connectivity index (χ1) is 10.2. The SMILES string of the molecule is Cl.Cl.Cl.NC(=O)c1ccc(N(c2ccccc2N)C2CNC2)cc1. The van der Waals surface area contributed by atoms with Crippen molar-refractivity contribution in [2.24, 2.45) is 5.73 Å². The number of para-hydroxylation sites is 2. The van der Waals surface area contributed by atoms with Crippen LogP contribution in [0.15, 0.2) is 48.5 Å². The van der Waals surface area contributed by atoms with Gasteiger partial charge in [0.05, 0.1) is 17.4 Å². The van der Waals surface area contributed by atoms with Gasteiger partial charge in [-0.25, -0.2) is 0 Å². The van der Waals surface area contributed by atoms with Gasteiger partial charge in [-0.3, -0.25) is 4.79 Å². The molecule has 0 aliphatic carbocycles. The molecule has 3 rings (SSSR count). The van der Waals surface area contributed by atoms with Gasteiger partial charge in [-0.1, -0.05) is 12.1 Å². The van der Waals surface area contributed by atoms with Gasteiger partial charge >= 0.3 is 0 Å². The van der Waals surface area contributed by atoms with Crippen LogP contribution in [0.25, 0.3) is 0 Å². The zero-order valence-corrected chi connectivity index (χ0v) is 15.3. The topological polar surface area (TPSA) is 84.4 Å². The van der Waals surface area contributed by atoms with E-state index in [1.165, 1.54) is 0 Å². The van der Waals surface area contributed by atoms with Gasteiger partial charge in [-0.15, -0.1) is 37.2 Å². The van der Waals surface area contributed by atoms with Crippen LogP contribution in [0.1, 0.15) is 10.4 Å². The average Bonchev–Trinajstić information content (AvgIpc) is 2.44. The van der Waals surface area contributed by atoms with Crippen molar-refractivity contribution in [1.29, 1.82) is 0 Å². The van der Waals surface area contributed by atoms with Gasteiger partial charge in [0.25, 0.3) is 0 Å². The van der Waals surface area contributed by atoms with Crippen LogP contribution in [0.2, 0.25) is 0 Å². The minimum atomic E-state index is -0.419. The lowest BCUT2D eigenvalue weighted by atomic mass is 10.1. The molecule has 1 aliphatic rings. The summed E-state index contributed by atoms with van der Waals surface area (Å²) in [6, 6.07) is 15.5. The van der Waals surface area contributed by atoms with Crippen LogP contribution in [0.5, 0.6) is 0 Å². The zero-order valence-electron chi connectivity index (χ0n) is 12.8. The quantitative estimate of drug-likeness (QED) is 0.700. The highest BCUT2D eigenvalue weighted by Crippen LogP contribution is 2.33. The van der Waals surface area contributed by atoms with E-state index in [0.717, 1.165) is 30.2 Å². The Morgan fingerprint density at radius 3 is 2.04 bits per heavy atom. The average molecular weight is 392 g/mol. The van der Waals surface area contributed by atoms with Crippen molar-refractivity contribution in [1.82, 2.24) is 5.32 Å². The highest BCUT2D eigenvalue weighted by atomic mass is 35.5. The number of nitrogens with zero attached hydrogens (tertiary/aromatic N) is 1. The number of nitrogens with one attached hydrogen (secondary N) is 1. The standard InChI is InChI=1S/C16H18N4O.3ClH/c17-14-3-1-2-4-15(14)20(13-9-19-10-13)12-7-5-11(6-8-12)16(18)21;;;/h1-8,13,19H,9-10,17H2,(H2,18,21);3*1H. The first-order valence-electron chi connectivity index (χ1n) is 6.91. The molecule has 24 heavy (non-hydrogen) atoms. The summed E-state index contributed by atoms with van der Waals surface area (Å²) in [6.45, 7) is 1.82. The molecule has 0 unspecified atom stereocenters. The van der Waals surface area contributed by atoms with E-state index in [2.05, 4.69) is 10.2 Å². The second-order valence-electron chi connectivity index (χ2n) is 5.15. The molecule has 8 heteroatoms. The third-order valence-electron chi connectivity index (χ3n) is 3.75. The fraction of sp³-hybridized carbons (Fsp3) is 0.188. The summed E-state index contributed by atoms with van der Waals surface area (Å²) >= 11 is 0. The molecule has 0 atom stereocenters. The number of hydrogen-bond acceptors (Lipinski definition) is 4. The van der Waals surface area contributed by atoms with Gasteiger partial charge < -0.3 is 21.7 Å². The number of carbonyl (C=O) groups is 1. The maximum Gasteiger partial charge on any atom is 0.248 e. The third-order valence-corrected chi connectivity index (χ3v) is 3.75. The molecule has 1 amide bonds. The first kappa shape index (κ1) is 22.3. The number of carbonyl (C=O) groups excluding carboxylic acids is 1. The van der Waals surface area contributed by atoms with E-state index in [1.54, 1.807) is 12.1 Å². The summed E-state index contributed by atoms with van der Waals surface area (Å²) in [7, 11) is 0. The lowest BCUT2D eigenvalue weighted by Gasteiger charge is -2.40. The number of hydrogen-bond donors (Lipinski definition) is 3. The number of benzene rings is 2. The van der Waals surface area contributed by atoms with Gasteiger partial charge in [0.2, 0.25) is 5.91 Å². The molecule has 0 aromatic heterocycles. The monoisotopic (exact) mass is 390 g/mol. The number of nitrogens with two attached hydrogens (primary N) is 2. The summed E-state index contributed by atoms with van der Waals surface area (Å²) < 4.78 is 0. The summed E-state index contributed by atoms with van der Waals surface area (Å²) in [6.07, 6.45) is 0. The molecule has 5 N–H and O–H groups in total.